The van der Waals surface area contributed by atoms with Crippen LogP contribution in [0.4, 0.5) is 13.2 Å². The molecular weight excluding hydrogens is 527 g/mol. The van der Waals surface area contributed by atoms with E-state index < -0.39 is 30.1 Å². The summed E-state index contributed by atoms with van der Waals surface area (Å²) in [6.45, 7) is 0.118. The summed E-state index contributed by atoms with van der Waals surface area (Å²) in [6, 6.07) is 6.79. The quantitative estimate of drug-likeness (QED) is 0.355. The van der Waals surface area contributed by atoms with Crippen LogP contribution in [0, 0.1) is 5.82 Å². The number of benzene rings is 2. The molecule has 3 heterocycles. The number of fused-ring (bicyclic) bond motifs is 3. The highest BCUT2D eigenvalue weighted by Gasteiger charge is 2.36. The largest absolute Gasteiger partial charge is 0.434 e. The fourth-order valence-electron chi connectivity index (χ4n) is 4.47. The molecule has 3 N–H and O–H groups in total. The predicted octanol–water partition coefficient (Wildman–Crippen LogP) is 5.22. The van der Waals surface area contributed by atoms with Crippen LogP contribution in [0.15, 0.2) is 47.2 Å². The van der Waals surface area contributed by atoms with Gasteiger partial charge in [-0.05, 0) is 38.5 Å². The Morgan fingerprint density at radius 2 is 1.94 bits per heavy atom. The molecule has 1 aliphatic rings. The van der Waals surface area contributed by atoms with Gasteiger partial charge in [-0.2, -0.15) is 8.78 Å². The molecule has 0 bridgehead atoms. The molecule has 0 unspecified atom stereocenters. The average Bonchev–Trinajstić information content (AvgIpc) is 3.29. The van der Waals surface area contributed by atoms with Crippen LogP contribution in [0.2, 0.25) is 0 Å². The zero-order chi connectivity index (χ0) is 25.1. The van der Waals surface area contributed by atoms with E-state index in [0.717, 1.165) is 0 Å². The van der Waals surface area contributed by atoms with E-state index in [1.165, 1.54) is 24.5 Å². The molecule has 0 amide bonds. The Labute approximate surface area is 206 Å². The molecule has 0 fully saturated rings. The van der Waals surface area contributed by atoms with E-state index in [1.807, 2.05) is 4.57 Å². The van der Waals surface area contributed by atoms with Crippen LogP contribution in [0.3, 0.4) is 0 Å². The lowest BCUT2D eigenvalue weighted by Gasteiger charge is -2.20. The lowest BCUT2D eigenvalue weighted by Crippen LogP contribution is -2.19. The van der Waals surface area contributed by atoms with Crippen molar-refractivity contribution in [3.8, 4) is 16.9 Å². The molecule has 2 aromatic carbocycles. The Bertz CT molecular complexity index is 1420. The summed E-state index contributed by atoms with van der Waals surface area (Å²) in [5.41, 5.74) is 7.24. The molecule has 2 aromatic heterocycles. The van der Waals surface area contributed by atoms with Gasteiger partial charge < -0.3 is 20.1 Å². The van der Waals surface area contributed by atoms with Gasteiger partial charge in [0.15, 0.2) is 5.82 Å². The number of nitrogens with two attached hydrogens (primary N) is 1. The summed E-state index contributed by atoms with van der Waals surface area (Å²) >= 11 is 3.46. The molecule has 0 spiro atoms. The molecule has 0 radical (unpaired) electrons. The Kier molecular flexibility index (Phi) is 5.81. The minimum Gasteiger partial charge on any atom is -0.434 e. The number of imidazole rings is 1. The number of rotatable bonds is 5. The molecule has 35 heavy (non-hydrogen) atoms. The summed E-state index contributed by atoms with van der Waals surface area (Å²) in [6.07, 6.45) is 3.28. The first-order valence-electron chi connectivity index (χ1n) is 10.8. The average molecular weight is 548 g/mol. The van der Waals surface area contributed by atoms with E-state index >= 15 is 4.39 Å². The maximum absolute atomic E-state index is 15.1. The molecule has 182 valence electrons. The van der Waals surface area contributed by atoms with Crippen molar-refractivity contribution < 1.29 is 23.0 Å². The van der Waals surface area contributed by atoms with Crippen molar-refractivity contribution in [1.29, 1.82) is 0 Å². The van der Waals surface area contributed by atoms with Gasteiger partial charge in [0.1, 0.15) is 23.0 Å². The molecule has 7 nitrogen and oxygen atoms in total. The smallest absolute Gasteiger partial charge is 0.387 e. The number of ether oxygens (including phenoxy) is 1. The second kappa shape index (κ2) is 8.58. The summed E-state index contributed by atoms with van der Waals surface area (Å²) in [7, 11) is 0. The third-order valence-corrected chi connectivity index (χ3v) is 6.69. The molecule has 0 saturated carbocycles. The lowest BCUT2D eigenvalue weighted by atomic mass is 10.0. The van der Waals surface area contributed by atoms with Gasteiger partial charge in [0.05, 0.1) is 23.1 Å². The van der Waals surface area contributed by atoms with Gasteiger partial charge in [-0.3, -0.25) is 0 Å². The Balaban J connectivity index is 1.66. The molecular formula is C24H21BrF3N5O2. The van der Waals surface area contributed by atoms with Crippen molar-refractivity contribution in [2.24, 2.45) is 5.73 Å². The first-order chi connectivity index (χ1) is 16.5. The van der Waals surface area contributed by atoms with E-state index in [-0.39, 0.29) is 17.1 Å². The minimum atomic E-state index is -3.00. The third-order valence-electron chi connectivity index (χ3n) is 6.00. The number of nitrogens with zero attached hydrogens (tertiary/aromatic N) is 4. The number of aromatic nitrogens is 4. The van der Waals surface area contributed by atoms with Crippen molar-refractivity contribution in [1.82, 2.24) is 19.5 Å². The van der Waals surface area contributed by atoms with Gasteiger partial charge in [-0.1, -0.05) is 22.0 Å². The van der Waals surface area contributed by atoms with E-state index in [2.05, 4.69) is 30.9 Å². The zero-order valence-corrected chi connectivity index (χ0v) is 20.3. The van der Waals surface area contributed by atoms with Crippen LogP contribution >= 0.6 is 15.9 Å². The molecule has 5 rings (SSSR count). The molecule has 0 aliphatic carbocycles. The first-order valence-corrected chi connectivity index (χ1v) is 11.6. The van der Waals surface area contributed by atoms with E-state index in [4.69, 9.17) is 10.5 Å². The standard InChI is InChI=1S/C24H21BrF3N5O2/c1-24(2,34)22-30-9-11(10-31-22)12-6-17-16(7-14(12)26)32-21-15(29)8-18(33(17)21)20-13(25)4-3-5-19(20)35-23(27)28/h3-7,9-10,15,18,23,34H,8,29H2,1-2H3/t15-,18-/m1/s1. The molecule has 2 atom stereocenters. The second-order valence-corrected chi connectivity index (χ2v) is 9.76. The van der Waals surface area contributed by atoms with Crippen molar-refractivity contribution in [2.45, 2.75) is 44.6 Å². The molecule has 0 saturated heterocycles. The van der Waals surface area contributed by atoms with Gasteiger partial charge in [0.25, 0.3) is 0 Å². The van der Waals surface area contributed by atoms with Crippen LogP contribution in [-0.4, -0.2) is 31.2 Å². The van der Waals surface area contributed by atoms with Crippen molar-refractivity contribution >= 4 is 27.0 Å². The van der Waals surface area contributed by atoms with Crippen molar-refractivity contribution in [3.05, 3.63) is 70.2 Å². The van der Waals surface area contributed by atoms with Crippen LogP contribution in [0.1, 0.15) is 49.6 Å². The van der Waals surface area contributed by atoms with Crippen LogP contribution in [0.25, 0.3) is 22.2 Å². The predicted molar refractivity (Wildman–Crippen MR) is 126 cm³/mol. The zero-order valence-electron chi connectivity index (χ0n) is 18.7. The second-order valence-electron chi connectivity index (χ2n) is 8.90. The maximum Gasteiger partial charge on any atom is 0.387 e. The van der Waals surface area contributed by atoms with Crippen LogP contribution < -0.4 is 10.5 Å². The Morgan fingerprint density at radius 3 is 2.60 bits per heavy atom. The third kappa shape index (κ3) is 4.17. The SMILES string of the molecule is CC(C)(O)c1ncc(-c2cc3c(cc2F)nc2n3[C@@H](c3c(Br)cccc3OC(F)F)C[C@H]2N)cn1. The maximum atomic E-state index is 15.1. The summed E-state index contributed by atoms with van der Waals surface area (Å²) in [4.78, 5) is 12.9. The van der Waals surface area contributed by atoms with Crippen LogP contribution in [-0.2, 0) is 5.60 Å². The number of aliphatic hydroxyl groups is 1. The monoisotopic (exact) mass is 547 g/mol. The fourth-order valence-corrected chi connectivity index (χ4v) is 5.08. The number of hydrogen-bond acceptors (Lipinski definition) is 6. The summed E-state index contributed by atoms with van der Waals surface area (Å²) in [5, 5.41) is 10.1. The summed E-state index contributed by atoms with van der Waals surface area (Å²) < 4.78 is 48.6. The highest BCUT2D eigenvalue weighted by atomic mass is 79.9. The van der Waals surface area contributed by atoms with Gasteiger partial charge in [0.2, 0.25) is 0 Å². The first kappa shape index (κ1) is 23.7. The van der Waals surface area contributed by atoms with Gasteiger partial charge in [-0.25, -0.2) is 19.3 Å². The fraction of sp³-hybridized carbons (Fsp3) is 0.292. The molecule has 1 aliphatic heterocycles. The molecule has 11 heteroatoms. The van der Waals surface area contributed by atoms with Gasteiger partial charge in [0, 0.05) is 39.6 Å². The van der Waals surface area contributed by atoms with Gasteiger partial charge >= 0.3 is 6.61 Å². The lowest BCUT2D eigenvalue weighted by molar-refractivity contribution is -0.0507. The van der Waals surface area contributed by atoms with Crippen molar-refractivity contribution in [2.75, 3.05) is 0 Å². The van der Waals surface area contributed by atoms with Crippen molar-refractivity contribution in [3.63, 3.8) is 0 Å². The van der Waals surface area contributed by atoms with Gasteiger partial charge in [-0.15, -0.1) is 0 Å². The number of alkyl halides is 2. The number of hydrogen-bond donors (Lipinski definition) is 2. The highest BCUT2D eigenvalue weighted by molar-refractivity contribution is 9.10. The Hall–Kier alpha value is -3.02. The van der Waals surface area contributed by atoms with Crippen LogP contribution in [0.5, 0.6) is 5.75 Å². The van der Waals surface area contributed by atoms with E-state index in [1.54, 1.807) is 32.0 Å². The normalized spacial score (nSPS) is 17.9. The number of halogens is 4. The topological polar surface area (TPSA) is 99.1 Å². The van der Waals surface area contributed by atoms with E-state index in [0.29, 0.717) is 38.9 Å². The summed E-state index contributed by atoms with van der Waals surface area (Å²) in [5.74, 6) is 0.231. The molecule has 4 aromatic rings. The minimum absolute atomic E-state index is 0.0271. The Morgan fingerprint density at radius 1 is 1.23 bits per heavy atom. The highest BCUT2D eigenvalue weighted by Crippen LogP contribution is 2.46. The van der Waals surface area contributed by atoms with E-state index in [9.17, 15) is 13.9 Å².